The Bertz CT molecular complexity index is 953. The number of carbonyl (C=O) groups is 1. The summed E-state index contributed by atoms with van der Waals surface area (Å²) in [5.41, 5.74) is 5.87. The van der Waals surface area contributed by atoms with Gasteiger partial charge in [-0.05, 0) is 42.2 Å². The van der Waals surface area contributed by atoms with E-state index in [4.69, 9.17) is 0 Å². The maximum atomic E-state index is 13.3. The minimum Gasteiger partial charge on any atom is -0.326 e. The molecule has 0 spiro atoms. The van der Waals surface area contributed by atoms with Crippen molar-refractivity contribution in [2.75, 3.05) is 0 Å². The molecule has 1 aliphatic rings. The number of hydrogen-bond donors (Lipinski definition) is 0. The van der Waals surface area contributed by atoms with E-state index in [2.05, 4.69) is 97.1 Å². The summed E-state index contributed by atoms with van der Waals surface area (Å²) in [7, 11) is 0. The summed E-state index contributed by atoms with van der Waals surface area (Å²) < 4.78 is 2.24. The number of para-hydroxylation sites is 1. The summed E-state index contributed by atoms with van der Waals surface area (Å²) in [5, 5.41) is 0. The molecule has 3 heteroatoms. The molecule has 0 saturated carbocycles. The van der Waals surface area contributed by atoms with Crippen LogP contribution in [0.2, 0.25) is 0 Å². The first-order valence-electron chi connectivity index (χ1n) is 9.66. The molecule has 2 heterocycles. The Hall–Kier alpha value is -2.81. The number of fused-ring (bicyclic) bond motifs is 3. The summed E-state index contributed by atoms with van der Waals surface area (Å²) in [6.07, 6.45) is 2.66. The minimum atomic E-state index is -0.0840. The predicted molar refractivity (Wildman–Crippen MR) is 109 cm³/mol. The van der Waals surface area contributed by atoms with Gasteiger partial charge in [-0.2, -0.15) is 0 Å². The van der Waals surface area contributed by atoms with E-state index < -0.39 is 0 Å². The van der Waals surface area contributed by atoms with Crippen molar-refractivity contribution in [1.29, 1.82) is 0 Å². The third-order valence-corrected chi connectivity index (χ3v) is 5.26. The number of carbonyl (C=O) groups excluding carboxylic acids is 1. The number of aromatic nitrogens is 1. The third kappa shape index (κ3) is 3.30. The van der Waals surface area contributed by atoms with E-state index in [1.54, 1.807) is 0 Å². The van der Waals surface area contributed by atoms with Crippen LogP contribution < -0.4 is 0 Å². The van der Waals surface area contributed by atoms with Gasteiger partial charge in [0.05, 0.1) is 11.7 Å². The van der Waals surface area contributed by atoms with Crippen molar-refractivity contribution >= 4 is 5.91 Å². The van der Waals surface area contributed by atoms with Gasteiger partial charge in [0.15, 0.2) is 0 Å². The summed E-state index contributed by atoms with van der Waals surface area (Å²) in [6.45, 7) is 6.93. The van der Waals surface area contributed by atoms with Gasteiger partial charge in [-0.25, -0.2) is 0 Å². The molecular weight excluding hydrogens is 332 g/mol. The third-order valence-electron chi connectivity index (χ3n) is 5.26. The molecule has 0 N–H and O–H groups in total. The Labute approximate surface area is 161 Å². The topological polar surface area (TPSA) is 25.2 Å². The van der Waals surface area contributed by atoms with E-state index in [0.29, 0.717) is 18.9 Å². The zero-order valence-electron chi connectivity index (χ0n) is 16.2. The quantitative estimate of drug-likeness (QED) is 0.627. The van der Waals surface area contributed by atoms with Gasteiger partial charge < -0.3 is 9.47 Å². The van der Waals surface area contributed by atoms with Crippen LogP contribution in [0.3, 0.4) is 0 Å². The molecular formula is C24H26N2O. The average molecular weight is 358 g/mol. The van der Waals surface area contributed by atoms with E-state index >= 15 is 0 Å². The van der Waals surface area contributed by atoms with Gasteiger partial charge in [0.25, 0.3) is 0 Å². The van der Waals surface area contributed by atoms with Crippen LogP contribution in [0, 0.1) is 12.8 Å². The van der Waals surface area contributed by atoms with Gasteiger partial charge in [-0.15, -0.1) is 0 Å². The lowest BCUT2D eigenvalue weighted by Crippen LogP contribution is -2.35. The SMILES string of the molecule is Cc1ccc([C@H]2c3cccn3-c3ccccc3CN2C(=O)CC(C)C)cc1. The monoisotopic (exact) mass is 358 g/mol. The molecule has 3 nitrogen and oxygen atoms in total. The first-order valence-corrected chi connectivity index (χ1v) is 9.66. The molecule has 0 saturated heterocycles. The number of nitrogens with zero attached hydrogens (tertiary/aromatic N) is 2. The molecule has 1 aromatic heterocycles. The number of aryl methyl sites for hydroxylation is 1. The summed E-state index contributed by atoms with van der Waals surface area (Å²) >= 11 is 0. The second kappa shape index (κ2) is 7.07. The van der Waals surface area contributed by atoms with Crippen LogP contribution in [0.1, 0.15) is 48.7 Å². The minimum absolute atomic E-state index is 0.0840. The van der Waals surface area contributed by atoms with Crippen LogP contribution in [0.25, 0.3) is 5.69 Å². The molecule has 0 unspecified atom stereocenters. The number of hydrogen-bond acceptors (Lipinski definition) is 1. The molecule has 0 bridgehead atoms. The van der Waals surface area contributed by atoms with E-state index in [1.807, 2.05) is 0 Å². The summed E-state index contributed by atoms with van der Waals surface area (Å²) in [6, 6.07) is 21.1. The van der Waals surface area contributed by atoms with Gasteiger partial charge in [-0.1, -0.05) is 61.9 Å². The maximum absolute atomic E-state index is 13.3. The highest BCUT2D eigenvalue weighted by Gasteiger charge is 2.32. The standard InChI is InChI=1S/C24H26N2O/c1-17(2)15-23(27)26-16-20-7-4-5-8-21(20)25-14-6-9-22(25)24(26)19-12-10-18(3)11-13-19/h4-14,17,24H,15-16H2,1-3H3/t24-/m0/s1. The van der Waals surface area contributed by atoms with Gasteiger partial charge in [0, 0.05) is 24.9 Å². The van der Waals surface area contributed by atoms with Crippen LogP contribution in [0.5, 0.6) is 0 Å². The van der Waals surface area contributed by atoms with Gasteiger partial charge in [0.2, 0.25) is 5.91 Å². The molecule has 1 amide bonds. The van der Waals surface area contributed by atoms with Gasteiger partial charge >= 0.3 is 0 Å². The zero-order chi connectivity index (χ0) is 19.0. The molecule has 1 atom stereocenters. The molecule has 4 rings (SSSR count). The largest absolute Gasteiger partial charge is 0.326 e. The van der Waals surface area contributed by atoms with Gasteiger partial charge in [0.1, 0.15) is 0 Å². The Morgan fingerprint density at radius 2 is 1.78 bits per heavy atom. The van der Waals surface area contributed by atoms with E-state index in [-0.39, 0.29) is 11.9 Å². The molecule has 2 aromatic carbocycles. The number of rotatable bonds is 3. The molecule has 0 aliphatic carbocycles. The van der Waals surface area contributed by atoms with E-state index in [1.165, 1.54) is 11.1 Å². The molecule has 138 valence electrons. The lowest BCUT2D eigenvalue weighted by molar-refractivity contribution is -0.134. The Morgan fingerprint density at radius 1 is 1.04 bits per heavy atom. The van der Waals surface area contributed by atoms with Crippen molar-refractivity contribution in [3.8, 4) is 5.69 Å². The zero-order valence-corrected chi connectivity index (χ0v) is 16.2. The first kappa shape index (κ1) is 17.6. The molecule has 3 aromatic rings. The van der Waals surface area contributed by atoms with E-state index in [0.717, 1.165) is 16.9 Å². The van der Waals surface area contributed by atoms with Crippen molar-refractivity contribution in [3.05, 3.63) is 89.2 Å². The van der Waals surface area contributed by atoms with Crippen LogP contribution in [-0.4, -0.2) is 15.4 Å². The van der Waals surface area contributed by atoms with Crippen LogP contribution >= 0.6 is 0 Å². The van der Waals surface area contributed by atoms with Crippen molar-refractivity contribution in [2.24, 2.45) is 5.92 Å². The van der Waals surface area contributed by atoms with Crippen molar-refractivity contribution in [3.63, 3.8) is 0 Å². The summed E-state index contributed by atoms with van der Waals surface area (Å²) in [4.78, 5) is 15.3. The summed E-state index contributed by atoms with van der Waals surface area (Å²) in [5.74, 6) is 0.543. The van der Waals surface area contributed by atoms with Crippen molar-refractivity contribution in [2.45, 2.75) is 39.8 Å². The van der Waals surface area contributed by atoms with Crippen molar-refractivity contribution in [1.82, 2.24) is 9.47 Å². The molecule has 0 fully saturated rings. The number of benzene rings is 2. The molecule has 27 heavy (non-hydrogen) atoms. The lowest BCUT2D eigenvalue weighted by Gasteiger charge is -2.31. The second-order valence-corrected chi connectivity index (χ2v) is 7.86. The fraction of sp³-hybridized carbons (Fsp3) is 0.292. The lowest BCUT2D eigenvalue weighted by atomic mass is 9.99. The van der Waals surface area contributed by atoms with Gasteiger partial charge in [-0.3, -0.25) is 4.79 Å². The highest BCUT2D eigenvalue weighted by Crippen LogP contribution is 2.37. The first-order chi connectivity index (χ1) is 13.0. The normalized spacial score (nSPS) is 16.0. The van der Waals surface area contributed by atoms with Crippen LogP contribution in [-0.2, 0) is 11.3 Å². The highest BCUT2D eigenvalue weighted by molar-refractivity contribution is 5.78. The van der Waals surface area contributed by atoms with Crippen molar-refractivity contribution < 1.29 is 4.79 Å². The molecule has 0 radical (unpaired) electrons. The van der Waals surface area contributed by atoms with Crippen LogP contribution in [0.15, 0.2) is 66.9 Å². The highest BCUT2D eigenvalue weighted by atomic mass is 16.2. The Morgan fingerprint density at radius 3 is 2.52 bits per heavy atom. The van der Waals surface area contributed by atoms with Crippen LogP contribution in [0.4, 0.5) is 0 Å². The van der Waals surface area contributed by atoms with E-state index in [9.17, 15) is 4.79 Å². The smallest absolute Gasteiger partial charge is 0.223 e. The second-order valence-electron chi connectivity index (χ2n) is 7.86. The Kier molecular flexibility index (Phi) is 4.61. The fourth-order valence-electron chi connectivity index (χ4n) is 3.95. The fourth-order valence-corrected chi connectivity index (χ4v) is 3.95. The molecule has 1 aliphatic heterocycles. The average Bonchev–Trinajstić information content (AvgIpc) is 3.06. The Balaban J connectivity index is 1.89. The maximum Gasteiger partial charge on any atom is 0.223 e. The number of amides is 1. The predicted octanol–water partition coefficient (Wildman–Crippen LogP) is 5.26.